The SMILES string of the molecule is CC(c1cccs1)n1cc(Cl)cc1C(=O)O. The van der Waals surface area contributed by atoms with Gasteiger partial charge in [0, 0.05) is 11.1 Å². The van der Waals surface area contributed by atoms with E-state index in [-0.39, 0.29) is 11.7 Å². The molecule has 1 atom stereocenters. The Balaban J connectivity index is 2.43. The molecule has 0 amide bonds. The van der Waals surface area contributed by atoms with Crippen LogP contribution in [-0.2, 0) is 0 Å². The Hall–Kier alpha value is -1.26. The molecule has 0 aliphatic rings. The molecule has 1 unspecified atom stereocenters. The van der Waals surface area contributed by atoms with Crippen molar-refractivity contribution in [2.24, 2.45) is 0 Å². The van der Waals surface area contributed by atoms with Crippen LogP contribution in [0.3, 0.4) is 0 Å². The molecule has 16 heavy (non-hydrogen) atoms. The van der Waals surface area contributed by atoms with Crippen molar-refractivity contribution in [3.8, 4) is 0 Å². The summed E-state index contributed by atoms with van der Waals surface area (Å²) >= 11 is 7.43. The Morgan fingerprint density at radius 2 is 2.38 bits per heavy atom. The summed E-state index contributed by atoms with van der Waals surface area (Å²) in [5.74, 6) is -0.963. The number of carboxylic acids is 1. The molecule has 0 saturated carbocycles. The summed E-state index contributed by atoms with van der Waals surface area (Å²) < 4.78 is 1.68. The van der Waals surface area contributed by atoms with Gasteiger partial charge in [0.2, 0.25) is 0 Å². The highest BCUT2D eigenvalue weighted by Gasteiger charge is 2.17. The standard InChI is InChI=1S/C11H10ClNO2S/c1-7(10-3-2-4-16-10)13-6-8(12)5-9(13)11(14)15/h2-7H,1H3,(H,14,15). The van der Waals surface area contributed by atoms with Crippen molar-refractivity contribution in [1.82, 2.24) is 4.57 Å². The van der Waals surface area contributed by atoms with Crippen LogP contribution in [0.4, 0.5) is 0 Å². The topological polar surface area (TPSA) is 42.2 Å². The van der Waals surface area contributed by atoms with E-state index in [0.717, 1.165) is 4.88 Å². The monoisotopic (exact) mass is 255 g/mol. The van der Waals surface area contributed by atoms with E-state index in [0.29, 0.717) is 5.02 Å². The second-order valence-electron chi connectivity index (χ2n) is 3.45. The van der Waals surface area contributed by atoms with Crippen LogP contribution < -0.4 is 0 Å². The third-order valence-corrected chi connectivity index (χ3v) is 3.66. The molecule has 1 N–H and O–H groups in total. The molecule has 0 aliphatic heterocycles. The van der Waals surface area contributed by atoms with Crippen molar-refractivity contribution < 1.29 is 9.90 Å². The number of aromatic carboxylic acids is 1. The largest absolute Gasteiger partial charge is 0.477 e. The number of carbonyl (C=O) groups is 1. The minimum atomic E-state index is -0.963. The van der Waals surface area contributed by atoms with Crippen LogP contribution in [0.5, 0.6) is 0 Å². The number of carboxylic acid groups (broad SMARTS) is 1. The number of aromatic nitrogens is 1. The van der Waals surface area contributed by atoms with E-state index in [1.165, 1.54) is 6.07 Å². The fraction of sp³-hybridized carbons (Fsp3) is 0.182. The molecule has 3 nitrogen and oxygen atoms in total. The average molecular weight is 256 g/mol. The average Bonchev–Trinajstić information content (AvgIpc) is 2.84. The molecule has 2 aromatic heterocycles. The van der Waals surface area contributed by atoms with E-state index in [9.17, 15) is 4.79 Å². The lowest BCUT2D eigenvalue weighted by Gasteiger charge is -2.13. The fourth-order valence-electron chi connectivity index (χ4n) is 1.60. The maximum absolute atomic E-state index is 11.0. The van der Waals surface area contributed by atoms with Crippen LogP contribution in [0.25, 0.3) is 0 Å². The van der Waals surface area contributed by atoms with Crippen LogP contribution in [-0.4, -0.2) is 15.6 Å². The van der Waals surface area contributed by atoms with E-state index in [1.54, 1.807) is 22.1 Å². The Labute approximate surface area is 102 Å². The first-order valence-electron chi connectivity index (χ1n) is 4.73. The molecule has 2 rings (SSSR count). The van der Waals surface area contributed by atoms with Gasteiger partial charge in [-0.3, -0.25) is 0 Å². The normalized spacial score (nSPS) is 12.6. The highest BCUT2D eigenvalue weighted by molar-refractivity contribution is 7.10. The molecular weight excluding hydrogens is 246 g/mol. The van der Waals surface area contributed by atoms with Crippen molar-refractivity contribution in [3.63, 3.8) is 0 Å². The van der Waals surface area contributed by atoms with Gasteiger partial charge in [-0.1, -0.05) is 17.7 Å². The van der Waals surface area contributed by atoms with Crippen molar-refractivity contribution >= 4 is 28.9 Å². The summed E-state index contributed by atoms with van der Waals surface area (Å²) in [5, 5.41) is 11.5. The molecule has 0 bridgehead atoms. The fourth-order valence-corrected chi connectivity index (χ4v) is 2.59. The minimum absolute atomic E-state index is 0.0152. The van der Waals surface area contributed by atoms with E-state index < -0.39 is 5.97 Å². The molecular formula is C11H10ClNO2S. The van der Waals surface area contributed by atoms with Gasteiger partial charge in [-0.05, 0) is 24.4 Å². The van der Waals surface area contributed by atoms with Crippen LogP contribution in [0, 0.1) is 0 Å². The van der Waals surface area contributed by atoms with Crippen LogP contribution >= 0.6 is 22.9 Å². The third kappa shape index (κ3) is 1.99. The van der Waals surface area contributed by atoms with Gasteiger partial charge in [-0.2, -0.15) is 0 Å². The van der Waals surface area contributed by atoms with E-state index in [1.807, 2.05) is 24.4 Å². The molecule has 0 aromatic carbocycles. The van der Waals surface area contributed by atoms with Crippen LogP contribution in [0.15, 0.2) is 29.8 Å². The van der Waals surface area contributed by atoms with Gasteiger partial charge in [-0.15, -0.1) is 11.3 Å². The Kier molecular flexibility index (Phi) is 3.03. The number of thiophene rings is 1. The van der Waals surface area contributed by atoms with Crippen molar-refractivity contribution in [1.29, 1.82) is 0 Å². The summed E-state index contributed by atoms with van der Waals surface area (Å²) in [6.07, 6.45) is 1.65. The molecule has 2 heterocycles. The van der Waals surface area contributed by atoms with Gasteiger partial charge in [0.1, 0.15) is 5.69 Å². The summed E-state index contributed by atoms with van der Waals surface area (Å²) in [7, 11) is 0. The van der Waals surface area contributed by atoms with Crippen molar-refractivity contribution in [2.45, 2.75) is 13.0 Å². The summed E-state index contributed by atoms with van der Waals surface area (Å²) in [4.78, 5) is 12.1. The number of hydrogen-bond acceptors (Lipinski definition) is 2. The Morgan fingerprint density at radius 3 is 2.94 bits per heavy atom. The summed E-state index contributed by atoms with van der Waals surface area (Å²) in [6.45, 7) is 1.95. The molecule has 0 aliphatic carbocycles. The Bertz CT molecular complexity index is 504. The second-order valence-corrected chi connectivity index (χ2v) is 4.86. The van der Waals surface area contributed by atoms with E-state index in [2.05, 4.69) is 0 Å². The molecule has 0 radical (unpaired) electrons. The lowest BCUT2D eigenvalue weighted by Crippen LogP contribution is -2.11. The molecule has 2 aromatic rings. The summed E-state index contributed by atoms with van der Waals surface area (Å²) in [5.41, 5.74) is 0.214. The zero-order valence-electron chi connectivity index (χ0n) is 8.55. The lowest BCUT2D eigenvalue weighted by molar-refractivity contribution is 0.0684. The number of hydrogen-bond donors (Lipinski definition) is 1. The molecule has 0 saturated heterocycles. The maximum Gasteiger partial charge on any atom is 0.352 e. The van der Waals surface area contributed by atoms with Crippen LogP contribution in [0.2, 0.25) is 5.02 Å². The number of rotatable bonds is 3. The van der Waals surface area contributed by atoms with Gasteiger partial charge >= 0.3 is 5.97 Å². The van der Waals surface area contributed by atoms with Crippen molar-refractivity contribution in [2.75, 3.05) is 0 Å². The van der Waals surface area contributed by atoms with Crippen molar-refractivity contribution in [3.05, 3.63) is 45.4 Å². The molecule has 84 valence electrons. The first kappa shape index (κ1) is 11.2. The highest BCUT2D eigenvalue weighted by Crippen LogP contribution is 2.27. The van der Waals surface area contributed by atoms with E-state index >= 15 is 0 Å². The predicted molar refractivity (Wildman–Crippen MR) is 64.5 cm³/mol. The Morgan fingerprint density at radius 1 is 1.62 bits per heavy atom. The smallest absolute Gasteiger partial charge is 0.352 e. The van der Waals surface area contributed by atoms with Gasteiger partial charge in [0.25, 0.3) is 0 Å². The molecule has 0 fully saturated rings. The summed E-state index contributed by atoms with van der Waals surface area (Å²) in [6, 6.07) is 5.38. The first-order valence-corrected chi connectivity index (χ1v) is 5.99. The highest BCUT2D eigenvalue weighted by atomic mass is 35.5. The molecule has 0 spiro atoms. The third-order valence-electron chi connectivity index (χ3n) is 2.41. The minimum Gasteiger partial charge on any atom is -0.477 e. The lowest BCUT2D eigenvalue weighted by atomic mass is 10.2. The van der Waals surface area contributed by atoms with Crippen LogP contribution in [0.1, 0.15) is 28.3 Å². The van der Waals surface area contributed by atoms with Gasteiger partial charge in [0.05, 0.1) is 11.1 Å². The molecule has 5 heteroatoms. The van der Waals surface area contributed by atoms with Gasteiger partial charge in [0.15, 0.2) is 0 Å². The van der Waals surface area contributed by atoms with Gasteiger partial charge in [-0.25, -0.2) is 4.79 Å². The zero-order chi connectivity index (χ0) is 11.7. The number of nitrogens with zero attached hydrogens (tertiary/aromatic N) is 1. The quantitative estimate of drug-likeness (QED) is 0.912. The maximum atomic E-state index is 11.0. The second kappa shape index (κ2) is 4.31. The predicted octanol–water partition coefficient (Wildman–Crippen LogP) is 3.51. The zero-order valence-corrected chi connectivity index (χ0v) is 10.1. The first-order chi connectivity index (χ1) is 7.59. The number of halogens is 1. The van der Waals surface area contributed by atoms with Gasteiger partial charge < -0.3 is 9.67 Å². The van der Waals surface area contributed by atoms with E-state index in [4.69, 9.17) is 16.7 Å².